The normalized spacial score (nSPS) is 19.6. The molecule has 0 radical (unpaired) electrons. The van der Waals surface area contributed by atoms with Crippen LogP contribution in [0.5, 0.6) is 11.5 Å². The molecule has 29 heavy (non-hydrogen) atoms. The second-order valence-electron chi connectivity index (χ2n) is 6.63. The number of phenolic OH excluding ortho intramolecular Hbond substituents is 2. The van der Waals surface area contributed by atoms with Gasteiger partial charge in [-0.2, -0.15) is 0 Å². The van der Waals surface area contributed by atoms with Crippen molar-refractivity contribution >= 4 is 58.8 Å². The molecule has 2 N–H and O–H groups in total. The molecule has 0 bridgehead atoms. The molecule has 1 aliphatic carbocycles. The minimum Gasteiger partial charge on any atom is -0.506 e. The van der Waals surface area contributed by atoms with Gasteiger partial charge in [0.2, 0.25) is 0 Å². The molecular formula is C20H18Cl4N2O2Pd. The first-order valence-corrected chi connectivity index (χ1v) is 10.3. The summed E-state index contributed by atoms with van der Waals surface area (Å²) in [6.45, 7) is 0. The largest absolute Gasteiger partial charge is 0.506 e. The number of phenols is 2. The Kier molecular flexibility index (Phi) is 9.28. The molecule has 2 atom stereocenters. The van der Waals surface area contributed by atoms with Crippen LogP contribution in [0.2, 0.25) is 20.1 Å². The van der Waals surface area contributed by atoms with Crippen LogP contribution in [-0.4, -0.2) is 34.7 Å². The molecule has 2 aromatic carbocycles. The SMILES string of the molecule is Oc1c(Cl)cc(Cl)cc1C=NC1CCCCC1N=Cc1cc(Cl)cc(Cl)c1O.[Pd]. The van der Waals surface area contributed by atoms with Gasteiger partial charge in [0.25, 0.3) is 0 Å². The van der Waals surface area contributed by atoms with Crippen molar-refractivity contribution in [3.05, 3.63) is 55.5 Å². The summed E-state index contributed by atoms with van der Waals surface area (Å²) in [5.41, 5.74) is 0.926. The topological polar surface area (TPSA) is 65.2 Å². The molecule has 0 spiro atoms. The third-order valence-electron chi connectivity index (χ3n) is 4.62. The van der Waals surface area contributed by atoms with E-state index in [0.717, 1.165) is 25.7 Å². The van der Waals surface area contributed by atoms with Crippen LogP contribution in [0.4, 0.5) is 0 Å². The maximum absolute atomic E-state index is 10.1. The molecule has 0 saturated heterocycles. The Bertz CT molecular complexity index is 862. The monoisotopic (exact) mass is 564 g/mol. The van der Waals surface area contributed by atoms with Gasteiger partial charge in [0.1, 0.15) is 11.5 Å². The fourth-order valence-corrected chi connectivity index (χ4v) is 4.18. The molecule has 1 saturated carbocycles. The zero-order valence-electron chi connectivity index (χ0n) is 15.1. The molecule has 0 aliphatic heterocycles. The molecule has 1 fully saturated rings. The quantitative estimate of drug-likeness (QED) is 0.325. The van der Waals surface area contributed by atoms with Crippen LogP contribution in [0.1, 0.15) is 36.8 Å². The Morgan fingerprint density at radius 3 is 1.48 bits per heavy atom. The van der Waals surface area contributed by atoms with E-state index in [-0.39, 0.29) is 54.1 Å². The van der Waals surface area contributed by atoms with Crippen LogP contribution in [0.15, 0.2) is 34.3 Å². The van der Waals surface area contributed by atoms with Crippen LogP contribution < -0.4 is 0 Å². The van der Waals surface area contributed by atoms with E-state index in [4.69, 9.17) is 46.4 Å². The Balaban J connectivity index is 0.00000300. The third-order valence-corrected chi connectivity index (χ3v) is 5.63. The molecule has 158 valence electrons. The molecule has 0 amide bonds. The van der Waals surface area contributed by atoms with Gasteiger partial charge in [0, 0.05) is 54.0 Å². The van der Waals surface area contributed by atoms with Gasteiger partial charge in [0.15, 0.2) is 0 Å². The Morgan fingerprint density at radius 1 is 0.724 bits per heavy atom. The molecule has 4 nitrogen and oxygen atoms in total. The average Bonchev–Trinajstić information content (AvgIpc) is 2.65. The van der Waals surface area contributed by atoms with Gasteiger partial charge in [-0.1, -0.05) is 59.2 Å². The standard InChI is InChI=1S/C20H18Cl4N2O2.Pd/c21-13-5-11(19(27)15(23)7-13)9-25-17-3-1-2-4-18(17)26-10-12-6-14(22)8-16(24)20(12)28;/h5-10,17-18,27-28H,1-4H2;. The van der Waals surface area contributed by atoms with Crippen LogP contribution in [0, 0.1) is 0 Å². The number of benzene rings is 2. The summed E-state index contributed by atoms with van der Waals surface area (Å²) in [5, 5.41) is 21.4. The van der Waals surface area contributed by atoms with E-state index in [2.05, 4.69) is 9.98 Å². The fraction of sp³-hybridized carbons (Fsp3) is 0.300. The average molecular weight is 567 g/mol. The number of nitrogens with zero attached hydrogens (tertiary/aromatic N) is 2. The van der Waals surface area contributed by atoms with E-state index in [1.807, 2.05) is 0 Å². The first-order valence-electron chi connectivity index (χ1n) is 8.77. The minimum absolute atomic E-state index is 0. The van der Waals surface area contributed by atoms with E-state index in [1.54, 1.807) is 24.6 Å². The van der Waals surface area contributed by atoms with Crippen LogP contribution in [0.25, 0.3) is 0 Å². The van der Waals surface area contributed by atoms with Gasteiger partial charge in [-0.15, -0.1) is 0 Å². The van der Waals surface area contributed by atoms with E-state index in [9.17, 15) is 10.2 Å². The number of rotatable bonds is 4. The van der Waals surface area contributed by atoms with E-state index >= 15 is 0 Å². The zero-order valence-corrected chi connectivity index (χ0v) is 19.6. The number of aromatic hydroxyl groups is 2. The zero-order chi connectivity index (χ0) is 20.3. The smallest absolute Gasteiger partial charge is 0.143 e. The summed E-state index contributed by atoms with van der Waals surface area (Å²) in [5.74, 6) is -0.103. The number of halogens is 4. The molecule has 9 heteroatoms. The van der Waals surface area contributed by atoms with Gasteiger partial charge in [0.05, 0.1) is 22.1 Å². The first-order chi connectivity index (χ1) is 13.3. The van der Waals surface area contributed by atoms with Crippen molar-refractivity contribution in [2.24, 2.45) is 9.98 Å². The van der Waals surface area contributed by atoms with Gasteiger partial charge in [-0.3, -0.25) is 9.98 Å². The molecular weight excluding hydrogens is 548 g/mol. The molecule has 0 aromatic heterocycles. The summed E-state index contributed by atoms with van der Waals surface area (Å²) < 4.78 is 0. The van der Waals surface area contributed by atoms with Crippen LogP contribution >= 0.6 is 46.4 Å². The van der Waals surface area contributed by atoms with Gasteiger partial charge >= 0.3 is 0 Å². The second-order valence-corrected chi connectivity index (χ2v) is 8.31. The van der Waals surface area contributed by atoms with Crippen LogP contribution in [0.3, 0.4) is 0 Å². The number of hydrogen-bond donors (Lipinski definition) is 2. The minimum atomic E-state index is -0.0565. The summed E-state index contributed by atoms with van der Waals surface area (Å²) in [4.78, 5) is 9.23. The molecule has 2 unspecified atom stereocenters. The van der Waals surface area contributed by atoms with Crippen molar-refractivity contribution in [1.29, 1.82) is 0 Å². The van der Waals surface area contributed by atoms with Gasteiger partial charge < -0.3 is 10.2 Å². The second kappa shape index (κ2) is 11.0. The van der Waals surface area contributed by atoms with Crippen molar-refractivity contribution in [2.75, 3.05) is 0 Å². The molecule has 3 rings (SSSR count). The fourth-order valence-electron chi connectivity index (χ4n) is 3.16. The number of hydrogen-bond acceptors (Lipinski definition) is 4. The van der Waals surface area contributed by atoms with Crippen LogP contribution in [-0.2, 0) is 20.4 Å². The van der Waals surface area contributed by atoms with E-state index < -0.39 is 0 Å². The van der Waals surface area contributed by atoms with E-state index in [0.29, 0.717) is 21.2 Å². The summed E-state index contributed by atoms with van der Waals surface area (Å²) in [6.07, 6.45) is 7.00. The first kappa shape index (κ1) is 24.5. The van der Waals surface area contributed by atoms with E-state index in [1.165, 1.54) is 12.1 Å². The van der Waals surface area contributed by atoms with Crippen molar-refractivity contribution in [1.82, 2.24) is 0 Å². The predicted octanol–water partition coefficient (Wildman–Crippen LogP) is 6.56. The Hall–Kier alpha value is -0.798. The molecule has 1 aliphatic rings. The molecule has 2 aromatic rings. The maximum Gasteiger partial charge on any atom is 0.143 e. The maximum atomic E-state index is 10.1. The van der Waals surface area contributed by atoms with Crippen molar-refractivity contribution in [3.8, 4) is 11.5 Å². The van der Waals surface area contributed by atoms with Crippen molar-refractivity contribution in [3.63, 3.8) is 0 Å². The summed E-state index contributed by atoms with van der Waals surface area (Å²) >= 11 is 23.9. The Morgan fingerprint density at radius 2 is 1.10 bits per heavy atom. The van der Waals surface area contributed by atoms with Gasteiger partial charge in [-0.05, 0) is 37.1 Å². The summed E-state index contributed by atoms with van der Waals surface area (Å²) in [6, 6.07) is 6.06. The predicted molar refractivity (Wildman–Crippen MR) is 117 cm³/mol. The van der Waals surface area contributed by atoms with Crippen molar-refractivity contribution < 1.29 is 30.6 Å². The van der Waals surface area contributed by atoms with Gasteiger partial charge in [-0.25, -0.2) is 0 Å². The molecule has 0 heterocycles. The van der Waals surface area contributed by atoms with Crippen molar-refractivity contribution in [2.45, 2.75) is 37.8 Å². The summed E-state index contributed by atoms with van der Waals surface area (Å²) in [7, 11) is 0. The third kappa shape index (κ3) is 6.34. The Labute approximate surface area is 203 Å². The number of aliphatic imine (C=N–C) groups is 2.